The number of aromatic nitrogens is 4. The van der Waals surface area contributed by atoms with E-state index in [1.54, 1.807) is 12.4 Å². The predicted octanol–water partition coefficient (Wildman–Crippen LogP) is 4.93. The van der Waals surface area contributed by atoms with Gasteiger partial charge in [0.15, 0.2) is 10.9 Å². The minimum atomic E-state index is -0.329. The van der Waals surface area contributed by atoms with Gasteiger partial charge in [0.2, 0.25) is 5.91 Å². The number of carbonyl (C=O) groups is 1. The van der Waals surface area contributed by atoms with Crippen molar-refractivity contribution in [2.75, 3.05) is 4.90 Å². The van der Waals surface area contributed by atoms with Gasteiger partial charge >= 0.3 is 0 Å². The molecule has 1 aromatic carbocycles. The van der Waals surface area contributed by atoms with Crippen LogP contribution in [0.15, 0.2) is 48.8 Å². The first-order valence-electron chi connectivity index (χ1n) is 10.1. The molecule has 0 saturated heterocycles. The van der Waals surface area contributed by atoms with Crippen LogP contribution in [-0.4, -0.2) is 26.1 Å². The highest BCUT2D eigenvalue weighted by Gasteiger charge is 2.29. The van der Waals surface area contributed by atoms with E-state index >= 15 is 0 Å². The van der Waals surface area contributed by atoms with Crippen molar-refractivity contribution in [1.82, 2.24) is 20.2 Å². The molecule has 7 nitrogen and oxygen atoms in total. The predicted molar refractivity (Wildman–Crippen MR) is 125 cm³/mol. The number of thiazole rings is 1. The van der Waals surface area contributed by atoms with E-state index in [2.05, 4.69) is 26.2 Å². The monoisotopic (exact) mass is 442 g/mol. The van der Waals surface area contributed by atoms with Gasteiger partial charge in [0.25, 0.3) is 0 Å². The van der Waals surface area contributed by atoms with Crippen LogP contribution in [-0.2, 0) is 16.6 Å². The number of hydrogen-bond acceptors (Lipinski definition) is 7. The van der Waals surface area contributed by atoms with Gasteiger partial charge in [-0.05, 0) is 17.7 Å². The molecule has 0 N–H and O–H groups in total. The van der Waals surface area contributed by atoms with Crippen molar-refractivity contribution in [1.29, 1.82) is 5.26 Å². The second-order valence-corrected chi connectivity index (χ2v) is 9.42. The number of hydrogen-bond donors (Lipinski definition) is 0. The molecule has 0 aliphatic heterocycles. The van der Waals surface area contributed by atoms with Crippen molar-refractivity contribution in [2.24, 2.45) is 0 Å². The first-order valence-corrected chi connectivity index (χ1v) is 11.0. The number of pyridine rings is 1. The van der Waals surface area contributed by atoms with Crippen molar-refractivity contribution in [3.63, 3.8) is 0 Å². The fraction of sp³-hybridized carbons (Fsp3) is 0.250. The van der Waals surface area contributed by atoms with E-state index in [9.17, 15) is 10.1 Å². The molecule has 0 spiro atoms. The smallest absolute Gasteiger partial charge is 0.231 e. The summed E-state index contributed by atoms with van der Waals surface area (Å²) < 4.78 is 0. The van der Waals surface area contributed by atoms with Crippen molar-refractivity contribution >= 4 is 39.0 Å². The molecule has 0 atom stereocenters. The minimum Gasteiger partial charge on any atom is -0.274 e. The quantitative estimate of drug-likeness (QED) is 0.445. The van der Waals surface area contributed by atoms with E-state index in [0.29, 0.717) is 27.9 Å². The van der Waals surface area contributed by atoms with E-state index in [0.717, 1.165) is 22.0 Å². The Hall–Kier alpha value is -3.70. The number of anilines is 2. The van der Waals surface area contributed by atoms with Crippen LogP contribution >= 0.6 is 11.3 Å². The SMILES string of the molecule is CC(=O)N(c1nc(C(C)(C)C)c(C#N)s1)c1nnc(Cc2ccncc2)c2ccccc12. The van der Waals surface area contributed by atoms with Crippen molar-refractivity contribution < 1.29 is 4.79 Å². The van der Waals surface area contributed by atoms with Gasteiger partial charge in [0.05, 0.1) is 11.4 Å². The van der Waals surface area contributed by atoms with Crippen LogP contribution in [0.5, 0.6) is 0 Å². The van der Waals surface area contributed by atoms with Gasteiger partial charge in [-0.3, -0.25) is 9.78 Å². The molecule has 32 heavy (non-hydrogen) atoms. The third-order valence-electron chi connectivity index (χ3n) is 5.01. The number of nitriles is 1. The van der Waals surface area contributed by atoms with Crippen LogP contribution < -0.4 is 4.90 Å². The number of fused-ring (bicyclic) bond motifs is 1. The fourth-order valence-electron chi connectivity index (χ4n) is 3.50. The van der Waals surface area contributed by atoms with Crippen molar-refractivity contribution in [3.05, 3.63) is 70.6 Å². The summed E-state index contributed by atoms with van der Waals surface area (Å²) in [6.07, 6.45) is 4.10. The van der Waals surface area contributed by atoms with Crippen LogP contribution in [0.1, 0.15) is 49.5 Å². The maximum atomic E-state index is 12.8. The molecule has 0 aliphatic rings. The number of amides is 1. The summed E-state index contributed by atoms with van der Waals surface area (Å²) in [7, 11) is 0. The lowest BCUT2D eigenvalue weighted by molar-refractivity contribution is -0.115. The van der Waals surface area contributed by atoms with Crippen molar-refractivity contribution in [3.8, 4) is 6.07 Å². The molecule has 0 bridgehead atoms. The summed E-state index contributed by atoms with van der Waals surface area (Å²) in [6.45, 7) is 7.45. The maximum Gasteiger partial charge on any atom is 0.231 e. The van der Waals surface area contributed by atoms with E-state index in [-0.39, 0.29) is 11.3 Å². The van der Waals surface area contributed by atoms with Crippen LogP contribution in [0.4, 0.5) is 10.9 Å². The van der Waals surface area contributed by atoms with Crippen LogP contribution in [0.3, 0.4) is 0 Å². The Labute approximate surface area is 190 Å². The molecule has 0 saturated carbocycles. The summed E-state index contributed by atoms with van der Waals surface area (Å²) in [5.41, 5.74) is 2.22. The standard InChI is InChI=1S/C24H22N6OS/c1-15(31)30(23-27-21(24(2,3)4)20(14-25)32-23)22-18-8-6-5-7-17(18)19(28-29-22)13-16-9-11-26-12-10-16/h5-12H,13H2,1-4H3. The largest absolute Gasteiger partial charge is 0.274 e. The molecule has 0 unspecified atom stereocenters. The Morgan fingerprint density at radius 3 is 2.38 bits per heavy atom. The summed E-state index contributed by atoms with van der Waals surface area (Å²) in [5.74, 6) is 0.162. The Morgan fingerprint density at radius 1 is 1.09 bits per heavy atom. The van der Waals surface area contributed by atoms with Gasteiger partial charge < -0.3 is 0 Å². The summed E-state index contributed by atoms with van der Waals surface area (Å²) in [5, 5.41) is 20.7. The summed E-state index contributed by atoms with van der Waals surface area (Å²) >= 11 is 1.19. The molecule has 0 radical (unpaired) electrons. The number of benzene rings is 1. The molecule has 0 fully saturated rings. The van der Waals surface area contributed by atoms with Gasteiger partial charge in [0.1, 0.15) is 10.9 Å². The Morgan fingerprint density at radius 2 is 1.78 bits per heavy atom. The van der Waals surface area contributed by atoms with Gasteiger partial charge in [0, 0.05) is 41.9 Å². The molecule has 3 aromatic heterocycles. The highest BCUT2D eigenvalue weighted by Crippen LogP contribution is 2.38. The molecular formula is C24H22N6OS. The molecule has 4 rings (SSSR count). The van der Waals surface area contributed by atoms with E-state index in [4.69, 9.17) is 0 Å². The zero-order valence-electron chi connectivity index (χ0n) is 18.3. The third kappa shape index (κ3) is 4.07. The Kier molecular flexibility index (Phi) is 5.68. The number of carbonyl (C=O) groups excluding carboxylic acids is 1. The van der Waals surface area contributed by atoms with Crippen molar-refractivity contribution in [2.45, 2.75) is 39.5 Å². The second-order valence-electron chi connectivity index (χ2n) is 8.44. The first-order chi connectivity index (χ1) is 15.3. The molecule has 4 aromatic rings. The van der Waals surface area contributed by atoms with Crippen LogP contribution in [0.25, 0.3) is 10.8 Å². The highest BCUT2D eigenvalue weighted by molar-refractivity contribution is 7.16. The van der Waals surface area contributed by atoms with Crippen LogP contribution in [0, 0.1) is 11.3 Å². The molecule has 160 valence electrons. The van der Waals surface area contributed by atoms with Gasteiger partial charge in [-0.2, -0.15) is 10.4 Å². The first kappa shape index (κ1) is 21.5. The molecule has 8 heteroatoms. The minimum absolute atomic E-state index is 0.245. The number of rotatable bonds is 4. The zero-order valence-corrected chi connectivity index (χ0v) is 19.1. The number of nitrogens with zero attached hydrogens (tertiary/aromatic N) is 6. The summed E-state index contributed by atoms with van der Waals surface area (Å²) in [6, 6.07) is 13.9. The van der Waals surface area contributed by atoms with Gasteiger partial charge in [-0.1, -0.05) is 56.4 Å². The third-order valence-corrected chi connectivity index (χ3v) is 5.96. The van der Waals surface area contributed by atoms with E-state index in [1.807, 2.05) is 57.2 Å². The molecule has 3 heterocycles. The normalized spacial score (nSPS) is 11.3. The van der Waals surface area contributed by atoms with E-state index in [1.165, 1.54) is 23.2 Å². The molecule has 1 amide bonds. The second kappa shape index (κ2) is 8.44. The maximum absolute atomic E-state index is 12.8. The lowest BCUT2D eigenvalue weighted by Gasteiger charge is -2.20. The van der Waals surface area contributed by atoms with Gasteiger partial charge in [-0.15, -0.1) is 5.10 Å². The highest BCUT2D eigenvalue weighted by atomic mass is 32.1. The summed E-state index contributed by atoms with van der Waals surface area (Å²) in [4.78, 5) is 23.4. The average molecular weight is 443 g/mol. The lowest BCUT2D eigenvalue weighted by Crippen LogP contribution is -2.25. The Balaban J connectivity index is 1.86. The topological polar surface area (TPSA) is 95.7 Å². The van der Waals surface area contributed by atoms with Gasteiger partial charge in [-0.25, -0.2) is 9.88 Å². The van der Waals surface area contributed by atoms with Crippen LogP contribution in [0.2, 0.25) is 0 Å². The Bertz CT molecular complexity index is 1330. The average Bonchev–Trinajstić information content (AvgIpc) is 3.20. The lowest BCUT2D eigenvalue weighted by atomic mass is 9.91. The zero-order chi connectivity index (χ0) is 22.9. The molecular weight excluding hydrogens is 420 g/mol. The van der Waals surface area contributed by atoms with E-state index < -0.39 is 0 Å². The fourth-order valence-corrected chi connectivity index (χ4v) is 4.62. The molecule has 0 aliphatic carbocycles.